The quantitative estimate of drug-likeness (QED) is 0.260. The van der Waals surface area contributed by atoms with Crippen molar-refractivity contribution in [2.45, 2.75) is 26.3 Å². The van der Waals surface area contributed by atoms with Crippen molar-refractivity contribution in [2.75, 3.05) is 13.6 Å². The highest BCUT2D eigenvalue weighted by atomic mass is 32.2. The Kier molecular flexibility index (Phi) is 4.50. The largest absolute Gasteiger partial charge is 0.409 e. The summed E-state index contributed by atoms with van der Waals surface area (Å²) in [7, 11) is -2.27. The van der Waals surface area contributed by atoms with Crippen LogP contribution >= 0.6 is 0 Å². The summed E-state index contributed by atoms with van der Waals surface area (Å²) in [6.07, 6.45) is 0. The zero-order valence-electron chi connectivity index (χ0n) is 9.35. The van der Waals surface area contributed by atoms with Gasteiger partial charge in [-0.3, -0.25) is 0 Å². The Morgan fingerprint density at radius 1 is 1.53 bits per heavy atom. The van der Waals surface area contributed by atoms with E-state index in [1.165, 1.54) is 7.05 Å². The van der Waals surface area contributed by atoms with E-state index in [-0.39, 0.29) is 12.4 Å². The van der Waals surface area contributed by atoms with Gasteiger partial charge in [0.1, 0.15) is 0 Å². The number of amidine groups is 1. The predicted octanol–water partition coefficient (Wildman–Crippen LogP) is -0.702. The molecule has 0 fully saturated rings. The lowest BCUT2D eigenvalue weighted by atomic mass is 10.1. The van der Waals surface area contributed by atoms with Crippen molar-refractivity contribution < 1.29 is 13.6 Å². The van der Waals surface area contributed by atoms with Crippen LogP contribution in [0.5, 0.6) is 0 Å². The van der Waals surface area contributed by atoms with Crippen molar-refractivity contribution in [3.63, 3.8) is 0 Å². The van der Waals surface area contributed by atoms with Crippen LogP contribution < -0.4 is 10.5 Å². The maximum absolute atomic E-state index is 11.6. The fourth-order valence-corrected chi connectivity index (χ4v) is 2.04. The van der Waals surface area contributed by atoms with E-state index >= 15 is 0 Å². The monoisotopic (exact) mass is 238 g/mol. The Balaban J connectivity index is 4.61. The van der Waals surface area contributed by atoms with Crippen LogP contribution in [0.2, 0.25) is 0 Å². The molecule has 0 aliphatic carbocycles. The van der Waals surface area contributed by atoms with Crippen molar-refractivity contribution in [1.82, 2.24) is 9.03 Å². The number of hydrogen-bond donors (Lipinski definition) is 3. The van der Waals surface area contributed by atoms with E-state index in [1.54, 1.807) is 20.8 Å². The Morgan fingerprint density at radius 2 is 2.00 bits per heavy atom. The van der Waals surface area contributed by atoms with Crippen LogP contribution in [0.4, 0.5) is 0 Å². The van der Waals surface area contributed by atoms with E-state index in [0.717, 1.165) is 4.31 Å². The van der Waals surface area contributed by atoms with Crippen LogP contribution in [0.15, 0.2) is 5.16 Å². The average molecular weight is 238 g/mol. The van der Waals surface area contributed by atoms with Crippen LogP contribution in [-0.2, 0) is 10.2 Å². The molecule has 0 radical (unpaired) electrons. The molecule has 8 heteroatoms. The first kappa shape index (κ1) is 14.1. The third-order valence-corrected chi connectivity index (χ3v) is 3.18. The number of hydrogen-bond acceptors (Lipinski definition) is 4. The molecule has 0 aliphatic heterocycles. The molecular weight excluding hydrogens is 220 g/mol. The van der Waals surface area contributed by atoms with E-state index in [0.29, 0.717) is 0 Å². The van der Waals surface area contributed by atoms with Gasteiger partial charge in [-0.05, 0) is 20.8 Å². The number of likely N-dealkylation sites (N-methyl/N-ethyl adjacent to an activating group) is 1. The van der Waals surface area contributed by atoms with E-state index in [1.807, 2.05) is 0 Å². The number of nitrogens with one attached hydrogen (secondary N) is 1. The summed E-state index contributed by atoms with van der Waals surface area (Å²) in [5, 5.41) is 11.0. The van der Waals surface area contributed by atoms with Crippen LogP contribution in [0.1, 0.15) is 20.8 Å². The van der Waals surface area contributed by atoms with Gasteiger partial charge in [0.2, 0.25) is 0 Å². The molecule has 0 unspecified atom stereocenters. The molecule has 0 bridgehead atoms. The van der Waals surface area contributed by atoms with Gasteiger partial charge in [-0.1, -0.05) is 5.16 Å². The SMILES string of the molecule is CN(CC(N)=NO)S(=O)(=O)NC(C)(C)C. The molecular formula is C7H18N4O3S. The molecule has 0 spiro atoms. The Hall–Kier alpha value is -0.860. The highest BCUT2D eigenvalue weighted by Crippen LogP contribution is 2.04. The summed E-state index contributed by atoms with van der Waals surface area (Å²) in [5.74, 6) is -0.170. The molecule has 0 heterocycles. The highest BCUT2D eigenvalue weighted by molar-refractivity contribution is 7.87. The molecule has 7 nitrogen and oxygen atoms in total. The second-order valence-corrected chi connectivity index (χ2v) is 5.98. The van der Waals surface area contributed by atoms with Crippen LogP contribution in [-0.4, -0.2) is 42.9 Å². The van der Waals surface area contributed by atoms with Crippen LogP contribution in [0.3, 0.4) is 0 Å². The zero-order chi connectivity index (χ0) is 12.3. The van der Waals surface area contributed by atoms with Crippen molar-refractivity contribution in [3.8, 4) is 0 Å². The summed E-state index contributed by atoms with van der Waals surface area (Å²) in [6, 6.07) is 0. The normalized spacial score (nSPS) is 14.6. The smallest absolute Gasteiger partial charge is 0.280 e. The fraction of sp³-hybridized carbons (Fsp3) is 0.857. The number of nitrogens with zero attached hydrogens (tertiary/aromatic N) is 2. The predicted molar refractivity (Wildman–Crippen MR) is 57.8 cm³/mol. The van der Waals surface area contributed by atoms with Gasteiger partial charge in [0, 0.05) is 12.6 Å². The molecule has 0 atom stereocenters. The molecule has 4 N–H and O–H groups in total. The van der Waals surface area contributed by atoms with Crippen molar-refractivity contribution in [2.24, 2.45) is 10.9 Å². The zero-order valence-corrected chi connectivity index (χ0v) is 10.2. The Labute approximate surface area is 90.1 Å². The summed E-state index contributed by atoms with van der Waals surface area (Å²) >= 11 is 0. The van der Waals surface area contributed by atoms with Gasteiger partial charge in [0.05, 0.1) is 6.54 Å². The Bertz CT molecular complexity index is 331. The maximum atomic E-state index is 11.6. The minimum absolute atomic E-state index is 0.165. The highest BCUT2D eigenvalue weighted by Gasteiger charge is 2.24. The molecule has 0 aromatic heterocycles. The second kappa shape index (κ2) is 4.77. The van der Waals surface area contributed by atoms with Gasteiger partial charge >= 0.3 is 0 Å². The molecule has 0 aromatic rings. The molecule has 0 amide bonds. The second-order valence-electron chi connectivity index (χ2n) is 4.20. The third-order valence-electron chi connectivity index (χ3n) is 1.36. The molecule has 0 aromatic carbocycles. The lowest BCUT2D eigenvalue weighted by Crippen LogP contribution is -2.49. The van der Waals surface area contributed by atoms with E-state index in [4.69, 9.17) is 10.9 Å². The molecule has 90 valence electrons. The summed E-state index contributed by atoms with van der Waals surface area (Å²) < 4.78 is 26.6. The van der Waals surface area contributed by atoms with Gasteiger partial charge in [-0.2, -0.15) is 17.4 Å². The maximum Gasteiger partial charge on any atom is 0.280 e. The topological polar surface area (TPSA) is 108 Å². The molecule has 0 aliphatic rings. The van der Waals surface area contributed by atoms with Crippen molar-refractivity contribution >= 4 is 16.0 Å². The van der Waals surface area contributed by atoms with Gasteiger partial charge in [-0.25, -0.2) is 0 Å². The molecule has 15 heavy (non-hydrogen) atoms. The Morgan fingerprint density at radius 3 is 2.33 bits per heavy atom. The van der Waals surface area contributed by atoms with E-state index in [9.17, 15) is 8.42 Å². The molecule has 0 saturated carbocycles. The standard InChI is InChI=1S/C7H18N4O3S/c1-7(2,3)10-15(13,14)11(4)5-6(8)9-12/h10,12H,5H2,1-4H3,(H2,8,9). The average Bonchev–Trinajstić information content (AvgIpc) is 1.99. The van der Waals surface area contributed by atoms with Crippen LogP contribution in [0.25, 0.3) is 0 Å². The summed E-state index contributed by atoms with van der Waals surface area (Å²) in [5.41, 5.74) is 4.63. The van der Waals surface area contributed by atoms with E-state index in [2.05, 4.69) is 9.88 Å². The van der Waals surface area contributed by atoms with Gasteiger partial charge in [0.15, 0.2) is 5.84 Å². The first-order valence-electron chi connectivity index (χ1n) is 4.30. The fourth-order valence-electron chi connectivity index (χ4n) is 0.810. The van der Waals surface area contributed by atoms with Crippen molar-refractivity contribution in [1.29, 1.82) is 0 Å². The first-order valence-corrected chi connectivity index (χ1v) is 5.74. The third kappa shape index (κ3) is 5.55. The first-order chi connectivity index (χ1) is 6.58. The van der Waals surface area contributed by atoms with Gasteiger partial charge in [-0.15, -0.1) is 0 Å². The lowest BCUT2D eigenvalue weighted by Gasteiger charge is -2.24. The van der Waals surface area contributed by atoms with Gasteiger partial charge in [0.25, 0.3) is 10.2 Å². The number of rotatable bonds is 4. The van der Waals surface area contributed by atoms with Crippen LogP contribution in [0, 0.1) is 0 Å². The minimum Gasteiger partial charge on any atom is -0.409 e. The van der Waals surface area contributed by atoms with Crippen molar-refractivity contribution in [3.05, 3.63) is 0 Å². The summed E-state index contributed by atoms with van der Waals surface area (Å²) in [6.45, 7) is 5.01. The number of nitrogens with two attached hydrogens (primary N) is 1. The lowest BCUT2D eigenvalue weighted by molar-refractivity contribution is 0.315. The van der Waals surface area contributed by atoms with Gasteiger partial charge < -0.3 is 10.9 Å². The molecule has 0 saturated heterocycles. The minimum atomic E-state index is -3.61. The number of oxime groups is 1. The van der Waals surface area contributed by atoms with E-state index < -0.39 is 15.7 Å². The summed E-state index contributed by atoms with van der Waals surface area (Å²) in [4.78, 5) is 0. The molecule has 0 rings (SSSR count).